The lowest BCUT2D eigenvalue weighted by atomic mass is 10.4. The van der Waals surface area contributed by atoms with Gasteiger partial charge in [-0.15, -0.1) is 12.4 Å². The van der Waals surface area contributed by atoms with Crippen LogP contribution in [0.15, 0.2) is 18.5 Å². The Balaban J connectivity index is 0.00000264. The number of hydrogen-bond acceptors (Lipinski definition) is 4. The molecule has 0 unspecified atom stereocenters. The van der Waals surface area contributed by atoms with Crippen molar-refractivity contribution < 1.29 is 4.79 Å². The number of amides is 1. The summed E-state index contributed by atoms with van der Waals surface area (Å²) in [6.45, 7) is 6.75. The molecule has 0 aliphatic rings. The van der Waals surface area contributed by atoms with Crippen molar-refractivity contribution in [2.45, 2.75) is 33.9 Å². The summed E-state index contributed by atoms with van der Waals surface area (Å²) in [6, 6.07) is 1.83. The highest BCUT2D eigenvalue weighted by molar-refractivity contribution is 7.80. The van der Waals surface area contributed by atoms with E-state index in [0.29, 0.717) is 5.11 Å². The molecule has 0 fully saturated rings. The van der Waals surface area contributed by atoms with Gasteiger partial charge in [0.25, 0.3) is 5.91 Å². The number of anilines is 1. The first kappa shape index (κ1) is 18.9. The molecule has 0 bridgehead atoms. The summed E-state index contributed by atoms with van der Waals surface area (Å²) >= 11 is 5.14. The fourth-order valence-electron chi connectivity index (χ4n) is 1.91. The van der Waals surface area contributed by atoms with E-state index < -0.39 is 0 Å². The molecule has 2 heterocycles. The van der Waals surface area contributed by atoms with Gasteiger partial charge in [-0.25, -0.2) is 0 Å². The van der Waals surface area contributed by atoms with Crippen LogP contribution in [0.5, 0.6) is 0 Å². The van der Waals surface area contributed by atoms with Crippen LogP contribution >= 0.6 is 24.6 Å². The van der Waals surface area contributed by atoms with Crippen molar-refractivity contribution in [1.29, 1.82) is 0 Å². The molecule has 0 aromatic carbocycles. The standard InChI is InChI=1S/C13H19N7OS.ClH/c1-4-19-10(3)11(7-15-19)16-13(22)18-17-12(21)8-20-9(2)5-6-14-20;/h5-7H,4,8H2,1-3H3,(H,17,21)(H2,16,18,22);1H. The van der Waals surface area contributed by atoms with Crippen LogP contribution in [-0.2, 0) is 17.9 Å². The molecule has 0 saturated carbocycles. The summed E-state index contributed by atoms with van der Waals surface area (Å²) < 4.78 is 3.45. The second kappa shape index (κ2) is 8.49. The number of carbonyl (C=O) groups is 1. The Morgan fingerprint density at radius 1 is 1.26 bits per heavy atom. The fraction of sp³-hybridized carbons (Fsp3) is 0.385. The quantitative estimate of drug-likeness (QED) is 0.562. The molecule has 0 aliphatic carbocycles. The molecule has 10 heteroatoms. The number of aryl methyl sites for hydroxylation is 2. The summed E-state index contributed by atoms with van der Waals surface area (Å²) in [4.78, 5) is 11.8. The lowest BCUT2D eigenvalue weighted by molar-refractivity contribution is -0.122. The molecule has 2 aromatic rings. The van der Waals surface area contributed by atoms with Crippen LogP contribution < -0.4 is 16.2 Å². The van der Waals surface area contributed by atoms with E-state index in [2.05, 4.69) is 26.4 Å². The minimum absolute atomic E-state index is 0. The Morgan fingerprint density at radius 2 is 2.00 bits per heavy atom. The summed E-state index contributed by atoms with van der Waals surface area (Å²) in [5.74, 6) is -0.239. The largest absolute Gasteiger partial charge is 0.329 e. The minimum Gasteiger partial charge on any atom is -0.329 e. The first-order chi connectivity index (χ1) is 10.5. The van der Waals surface area contributed by atoms with Gasteiger partial charge in [-0.3, -0.25) is 25.0 Å². The highest BCUT2D eigenvalue weighted by Gasteiger charge is 2.08. The summed E-state index contributed by atoms with van der Waals surface area (Å²) in [6.07, 6.45) is 3.35. The molecule has 1 amide bonds. The van der Waals surface area contributed by atoms with E-state index >= 15 is 0 Å². The van der Waals surface area contributed by atoms with Gasteiger partial charge < -0.3 is 5.32 Å². The van der Waals surface area contributed by atoms with E-state index in [1.54, 1.807) is 17.1 Å². The van der Waals surface area contributed by atoms with Gasteiger partial charge in [0, 0.05) is 18.4 Å². The highest BCUT2D eigenvalue weighted by Crippen LogP contribution is 2.12. The van der Waals surface area contributed by atoms with Gasteiger partial charge in [-0.1, -0.05) is 0 Å². The number of nitrogens with zero attached hydrogens (tertiary/aromatic N) is 4. The molecule has 0 aliphatic heterocycles. The van der Waals surface area contributed by atoms with Gasteiger partial charge in [0.15, 0.2) is 5.11 Å². The average molecular weight is 358 g/mol. The number of thiocarbonyl (C=S) groups is 1. The Hall–Kier alpha value is -2.13. The number of nitrogens with one attached hydrogen (secondary N) is 3. The van der Waals surface area contributed by atoms with Crippen molar-refractivity contribution in [3.8, 4) is 0 Å². The molecule has 0 spiro atoms. The normalized spacial score (nSPS) is 9.87. The van der Waals surface area contributed by atoms with Gasteiger partial charge in [-0.05, 0) is 39.1 Å². The van der Waals surface area contributed by atoms with Crippen LogP contribution in [0.25, 0.3) is 0 Å². The zero-order valence-corrected chi connectivity index (χ0v) is 14.8. The first-order valence-corrected chi connectivity index (χ1v) is 7.28. The molecule has 3 N–H and O–H groups in total. The van der Waals surface area contributed by atoms with Crippen LogP contribution in [0.2, 0.25) is 0 Å². The second-order valence-electron chi connectivity index (χ2n) is 4.72. The second-order valence-corrected chi connectivity index (χ2v) is 5.13. The maximum Gasteiger partial charge on any atom is 0.260 e. The van der Waals surface area contributed by atoms with Crippen molar-refractivity contribution in [1.82, 2.24) is 30.4 Å². The third kappa shape index (κ3) is 4.93. The maximum absolute atomic E-state index is 11.8. The van der Waals surface area contributed by atoms with Crippen molar-refractivity contribution in [3.63, 3.8) is 0 Å². The lowest BCUT2D eigenvalue weighted by Crippen LogP contribution is -2.45. The third-order valence-electron chi connectivity index (χ3n) is 3.19. The summed E-state index contributed by atoms with van der Waals surface area (Å²) in [5.41, 5.74) is 7.88. The topological polar surface area (TPSA) is 88.8 Å². The average Bonchev–Trinajstić information content (AvgIpc) is 3.04. The van der Waals surface area contributed by atoms with E-state index in [1.165, 1.54) is 0 Å². The minimum atomic E-state index is -0.239. The van der Waals surface area contributed by atoms with E-state index in [9.17, 15) is 4.79 Å². The summed E-state index contributed by atoms with van der Waals surface area (Å²) in [5, 5.41) is 11.5. The van der Waals surface area contributed by atoms with Crippen LogP contribution in [0.4, 0.5) is 5.69 Å². The molecule has 2 aromatic heterocycles. The Bertz CT molecular complexity index is 682. The SMILES string of the molecule is CCn1ncc(NC(=S)NNC(=O)Cn2nccc2C)c1C.Cl. The number of carbonyl (C=O) groups excluding carboxylic acids is 1. The van der Waals surface area contributed by atoms with Crippen LogP contribution in [0.1, 0.15) is 18.3 Å². The Morgan fingerprint density at radius 3 is 2.57 bits per heavy atom. The Labute approximate surface area is 146 Å². The van der Waals surface area contributed by atoms with Gasteiger partial charge in [0.05, 0.1) is 17.6 Å². The number of halogens is 1. The smallest absolute Gasteiger partial charge is 0.260 e. The van der Waals surface area contributed by atoms with Crippen molar-refractivity contribution >= 4 is 41.3 Å². The zero-order valence-electron chi connectivity index (χ0n) is 13.2. The molecule has 8 nitrogen and oxygen atoms in total. The summed E-state index contributed by atoms with van der Waals surface area (Å²) in [7, 11) is 0. The van der Waals surface area contributed by atoms with Crippen LogP contribution in [0, 0.1) is 13.8 Å². The van der Waals surface area contributed by atoms with Crippen molar-refractivity contribution in [3.05, 3.63) is 29.8 Å². The van der Waals surface area contributed by atoms with E-state index in [4.69, 9.17) is 12.2 Å². The number of aromatic nitrogens is 4. The molecular formula is C13H20ClN7OS. The van der Waals surface area contributed by atoms with E-state index in [1.807, 2.05) is 31.5 Å². The zero-order chi connectivity index (χ0) is 16.1. The molecule has 2 rings (SSSR count). The predicted octanol–water partition coefficient (Wildman–Crippen LogP) is 1.16. The molecular weight excluding hydrogens is 338 g/mol. The first-order valence-electron chi connectivity index (χ1n) is 6.88. The van der Waals surface area contributed by atoms with Gasteiger partial charge in [0.1, 0.15) is 6.54 Å². The van der Waals surface area contributed by atoms with Gasteiger partial charge in [0.2, 0.25) is 0 Å². The number of rotatable bonds is 4. The van der Waals surface area contributed by atoms with E-state index in [0.717, 1.165) is 23.6 Å². The number of hydrazine groups is 1. The molecule has 0 radical (unpaired) electrons. The molecule has 0 saturated heterocycles. The third-order valence-corrected chi connectivity index (χ3v) is 3.39. The highest BCUT2D eigenvalue weighted by atomic mass is 35.5. The molecule has 126 valence electrons. The van der Waals surface area contributed by atoms with Crippen LogP contribution in [-0.4, -0.2) is 30.6 Å². The molecule has 23 heavy (non-hydrogen) atoms. The lowest BCUT2D eigenvalue weighted by Gasteiger charge is -2.12. The number of hydrogen-bond donors (Lipinski definition) is 3. The molecule has 0 atom stereocenters. The van der Waals surface area contributed by atoms with Gasteiger partial charge in [-0.2, -0.15) is 10.2 Å². The predicted molar refractivity (Wildman–Crippen MR) is 94.3 cm³/mol. The van der Waals surface area contributed by atoms with Crippen LogP contribution in [0.3, 0.4) is 0 Å². The van der Waals surface area contributed by atoms with Crippen molar-refractivity contribution in [2.24, 2.45) is 0 Å². The monoisotopic (exact) mass is 357 g/mol. The fourth-order valence-corrected chi connectivity index (χ4v) is 2.07. The Kier molecular flexibility index (Phi) is 6.98. The maximum atomic E-state index is 11.8. The van der Waals surface area contributed by atoms with Crippen molar-refractivity contribution in [2.75, 3.05) is 5.32 Å². The van der Waals surface area contributed by atoms with Gasteiger partial charge >= 0.3 is 0 Å². The van der Waals surface area contributed by atoms with E-state index in [-0.39, 0.29) is 24.9 Å².